The maximum Gasteiger partial charge on any atom is 0.305 e. The number of hydrogen-bond acceptors (Lipinski definition) is 20. The maximum absolute atomic E-state index is 13.7. The summed E-state index contributed by atoms with van der Waals surface area (Å²) in [5, 5.41) is 65.4. The van der Waals surface area contributed by atoms with Gasteiger partial charge in [0, 0.05) is 19.5 Å². The standard InChI is InChI=1S/C55H92N16O20/c1-24(2)18-31(43(58)79)65-50(86)36-12-10-17-71(36)55(91)35(23-74)68-46(82)28(8)60-44(80)27(7)61-48(84)32(19-40(77)78)66-47(83)30(14-15-38(56)75)64-45(81)29(9)62-49(85)33(21-72)67-51(87)37-13-11-16-70(37)54(90)34(22-73)63-39(76)20-59-53(89)42(26(5)6)69-52(88)41(57)25(3)4/h24-37,41-42,72-74H,10-23,57H2,1-9H3,(H2,56,75)(H2,58,79)(H,59,89)(H,60,80)(H,61,84)(H,62,85)(H,63,76)(H,64,81)(H,65,86)(H,66,83)(H,67,87)(H,68,82)(H,69,88)(H,77,78)/t27-,28-,29-,30-,31-,32-,33-,34-,35-,36-,37-,41-,42-/m0/s1. The number of nitrogens with two attached hydrogens (primary N) is 3. The average Bonchev–Trinajstić information content (AvgIpc) is 1.97. The predicted octanol–water partition coefficient (Wildman–Crippen LogP) is -9.12. The largest absolute Gasteiger partial charge is 0.481 e. The van der Waals surface area contributed by atoms with Crippen LogP contribution in [0.3, 0.4) is 0 Å². The molecule has 36 heteroatoms. The van der Waals surface area contributed by atoms with Crippen molar-refractivity contribution in [2.75, 3.05) is 39.5 Å². The van der Waals surface area contributed by atoms with Gasteiger partial charge in [-0.2, -0.15) is 0 Å². The summed E-state index contributed by atoms with van der Waals surface area (Å²) in [5.41, 5.74) is 16.6. The average molecular weight is 1300 g/mol. The lowest BCUT2D eigenvalue weighted by Gasteiger charge is -2.29. The van der Waals surface area contributed by atoms with Crippen LogP contribution in [0.5, 0.6) is 0 Å². The molecule has 0 aromatic rings. The van der Waals surface area contributed by atoms with E-state index in [1.807, 2.05) is 13.8 Å². The monoisotopic (exact) mass is 1300 g/mol. The molecule has 15 amide bonds. The molecule has 0 aromatic carbocycles. The van der Waals surface area contributed by atoms with Crippen molar-refractivity contribution in [3.05, 3.63) is 0 Å². The van der Waals surface area contributed by atoms with Crippen LogP contribution >= 0.6 is 0 Å². The lowest BCUT2D eigenvalue weighted by atomic mass is 10.0. The van der Waals surface area contributed by atoms with Crippen LogP contribution < -0.4 is 75.7 Å². The molecular weight excluding hydrogens is 1200 g/mol. The molecule has 2 saturated heterocycles. The van der Waals surface area contributed by atoms with E-state index >= 15 is 0 Å². The highest BCUT2D eigenvalue weighted by atomic mass is 16.4. The highest BCUT2D eigenvalue weighted by molar-refractivity contribution is 6.00. The Morgan fingerprint density at radius 1 is 0.473 bits per heavy atom. The Morgan fingerprint density at radius 2 is 0.890 bits per heavy atom. The van der Waals surface area contributed by atoms with E-state index in [-0.39, 0.29) is 50.6 Å². The number of carbonyl (C=O) groups is 16. The summed E-state index contributed by atoms with van der Waals surface area (Å²) in [6.07, 6.45) is -1.19. The second kappa shape index (κ2) is 37.5. The number of aliphatic carboxylic acids is 1. The van der Waals surface area contributed by atoms with E-state index in [0.717, 1.165) is 23.6 Å². The molecule has 91 heavy (non-hydrogen) atoms. The highest BCUT2D eigenvalue weighted by Gasteiger charge is 2.42. The second-order valence-corrected chi connectivity index (χ2v) is 23.4. The number of nitrogens with one attached hydrogen (secondary N) is 11. The summed E-state index contributed by atoms with van der Waals surface area (Å²) in [6.45, 7) is 10.1. The van der Waals surface area contributed by atoms with Crippen LogP contribution in [-0.2, 0) is 76.7 Å². The molecule has 0 bridgehead atoms. The molecule has 21 N–H and O–H groups in total. The molecule has 2 rings (SSSR count). The van der Waals surface area contributed by atoms with E-state index in [4.69, 9.17) is 17.2 Å². The van der Waals surface area contributed by atoms with Crippen LogP contribution in [0.25, 0.3) is 0 Å². The van der Waals surface area contributed by atoms with E-state index in [9.17, 15) is 97.1 Å². The van der Waals surface area contributed by atoms with Crippen molar-refractivity contribution >= 4 is 94.6 Å². The molecular formula is C55H92N16O20. The van der Waals surface area contributed by atoms with Gasteiger partial charge in [0.1, 0.15) is 72.5 Å². The van der Waals surface area contributed by atoms with Crippen molar-refractivity contribution in [1.29, 1.82) is 0 Å². The quantitative estimate of drug-likeness (QED) is 0.0275. The van der Waals surface area contributed by atoms with Crippen molar-refractivity contribution in [1.82, 2.24) is 68.3 Å². The number of hydrogen-bond donors (Lipinski definition) is 18. The Kier molecular flexibility index (Phi) is 32.3. The zero-order chi connectivity index (χ0) is 69.3. The van der Waals surface area contributed by atoms with Gasteiger partial charge in [-0.05, 0) is 77.0 Å². The van der Waals surface area contributed by atoms with Crippen LogP contribution in [0, 0.1) is 17.8 Å². The van der Waals surface area contributed by atoms with Gasteiger partial charge in [-0.15, -0.1) is 0 Å². The Balaban J connectivity index is 2.09. The number of nitrogens with zero attached hydrogens (tertiary/aromatic N) is 2. The van der Waals surface area contributed by atoms with Gasteiger partial charge in [0.05, 0.1) is 38.8 Å². The summed E-state index contributed by atoms with van der Waals surface area (Å²) >= 11 is 0. The SMILES string of the molecule is CC(C)C[C@H](NC(=O)[C@@H]1CCCN1C(=O)[C@H](CO)NC(=O)[C@H](C)NC(=O)[C@H](C)NC(=O)[C@H](CC(=O)O)NC(=O)[C@H](CCC(N)=O)NC(=O)[C@H](C)NC(=O)[C@H](CO)NC(=O)[C@@H]1CCCN1C(=O)[C@H](CO)NC(=O)CNC(=O)[C@@H](NC(=O)[C@@H](N)C(C)C)C(C)C)C(N)=O. The highest BCUT2D eigenvalue weighted by Crippen LogP contribution is 2.21. The smallest absolute Gasteiger partial charge is 0.305 e. The summed E-state index contributed by atoms with van der Waals surface area (Å²) in [4.78, 5) is 211. The van der Waals surface area contributed by atoms with E-state index in [0.29, 0.717) is 6.42 Å². The summed E-state index contributed by atoms with van der Waals surface area (Å²) in [7, 11) is 0. The van der Waals surface area contributed by atoms with Gasteiger partial charge in [-0.1, -0.05) is 41.5 Å². The molecule has 36 nitrogen and oxygen atoms in total. The molecule has 2 aliphatic heterocycles. The van der Waals surface area contributed by atoms with Gasteiger partial charge in [0.15, 0.2) is 0 Å². The van der Waals surface area contributed by atoms with Crippen molar-refractivity contribution in [3.63, 3.8) is 0 Å². The summed E-state index contributed by atoms with van der Waals surface area (Å²) in [6, 6.07) is -18.8. The van der Waals surface area contributed by atoms with Crippen LogP contribution in [-0.4, -0.2) is 243 Å². The number of aliphatic hydroxyl groups excluding tert-OH is 3. The fourth-order valence-corrected chi connectivity index (χ4v) is 9.40. The topological polar surface area (TPSA) is 571 Å². The number of carboxylic acid groups (broad SMARTS) is 1. The first-order valence-corrected chi connectivity index (χ1v) is 29.8. The van der Waals surface area contributed by atoms with Crippen LogP contribution in [0.4, 0.5) is 0 Å². The molecule has 2 fully saturated rings. The van der Waals surface area contributed by atoms with Gasteiger partial charge in [0.2, 0.25) is 88.6 Å². The van der Waals surface area contributed by atoms with Crippen LogP contribution in [0.1, 0.15) is 114 Å². The van der Waals surface area contributed by atoms with Gasteiger partial charge in [0.25, 0.3) is 0 Å². The first kappa shape index (κ1) is 78.5. The van der Waals surface area contributed by atoms with Crippen LogP contribution in [0.2, 0.25) is 0 Å². The summed E-state index contributed by atoms with van der Waals surface area (Å²) in [5.74, 6) is -16.6. The molecule has 0 saturated carbocycles. The van der Waals surface area contributed by atoms with Gasteiger partial charge in [-0.25, -0.2) is 0 Å². The number of aliphatic hydroxyl groups is 3. The number of likely N-dealkylation sites (tertiary alicyclic amines) is 2. The van der Waals surface area contributed by atoms with E-state index in [1.165, 1.54) is 6.92 Å². The number of carboxylic acids is 1. The first-order valence-electron chi connectivity index (χ1n) is 29.8. The number of rotatable bonds is 37. The number of primary amides is 2. The van der Waals surface area contributed by atoms with Crippen molar-refractivity contribution in [3.8, 4) is 0 Å². The molecule has 512 valence electrons. The zero-order valence-corrected chi connectivity index (χ0v) is 52.6. The third-order valence-electron chi connectivity index (χ3n) is 14.7. The lowest BCUT2D eigenvalue weighted by molar-refractivity contribution is -0.143. The predicted molar refractivity (Wildman–Crippen MR) is 317 cm³/mol. The Labute approximate surface area is 525 Å². The van der Waals surface area contributed by atoms with Crippen LogP contribution in [0.15, 0.2) is 0 Å². The maximum atomic E-state index is 13.7. The van der Waals surface area contributed by atoms with E-state index < -0.39 is 225 Å². The zero-order valence-electron chi connectivity index (χ0n) is 52.6. The minimum atomic E-state index is -1.98. The minimum absolute atomic E-state index is 0.0170. The molecule has 13 atom stereocenters. The molecule has 0 spiro atoms. The van der Waals surface area contributed by atoms with E-state index in [1.54, 1.807) is 27.7 Å². The Morgan fingerprint density at radius 3 is 1.32 bits per heavy atom. The second-order valence-electron chi connectivity index (χ2n) is 23.4. The Bertz CT molecular complexity index is 2660. The summed E-state index contributed by atoms with van der Waals surface area (Å²) < 4.78 is 0. The molecule has 0 unspecified atom stereocenters. The van der Waals surface area contributed by atoms with Gasteiger partial charge in [-0.3, -0.25) is 76.7 Å². The number of amides is 15. The lowest BCUT2D eigenvalue weighted by Crippen LogP contribution is -2.60. The normalized spacial score (nSPS) is 18.2. The van der Waals surface area contributed by atoms with Crippen molar-refractivity contribution in [2.24, 2.45) is 35.0 Å². The van der Waals surface area contributed by atoms with E-state index in [2.05, 4.69) is 58.5 Å². The van der Waals surface area contributed by atoms with Gasteiger partial charge >= 0.3 is 5.97 Å². The molecule has 0 radical (unpaired) electrons. The van der Waals surface area contributed by atoms with Gasteiger partial charge < -0.3 is 106 Å². The Hall–Kier alpha value is -8.64. The molecule has 2 aliphatic rings. The molecule has 2 heterocycles. The third-order valence-corrected chi connectivity index (χ3v) is 14.7. The third kappa shape index (κ3) is 24.9. The minimum Gasteiger partial charge on any atom is -0.481 e. The fraction of sp³-hybridized carbons (Fsp3) is 0.709. The number of carbonyl (C=O) groups excluding carboxylic acids is 15. The first-order chi connectivity index (χ1) is 42.5. The molecule has 0 aromatic heterocycles. The van der Waals surface area contributed by atoms with Crippen molar-refractivity contribution in [2.45, 2.75) is 192 Å². The fourth-order valence-electron chi connectivity index (χ4n) is 9.40. The molecule has 0 aliphatic carbocycles. The van der Waals surface area contributed by atoms with Crippen molar-refractivity contribution < 1.29 is 97.1 Å².